The minimum absolute atomic E-state index is 0.173. The summed E-state index contributed by atoms with van der Waals surface area (Å²) >= 11 is 0. The van der Waals surface area contributed by atoms with Gasteiger partial charge in [-0.25, -0.2) is 4.39 Å². The molecule has 0 saturated carbocycles. The standard InChI is InChI=1S/C16H18F4N2O2/c1-3-7-21-9-13(23)22(10(2)15(21)24)8-11-5-4-6-12(17)14(11)16(18,19)20/h4-6,10H,3,7-9H2,1-2H3/t10-/m1/s1. The van der Waals surface area contributed by atoms with Gasteiger partial charge in [-0.1, -0.05) is 19.1 Å². The molecule has 0 unspecified atom stereocenters. The summed E-state index contributed by atoms with van der Waals surface area (Å²) in [6, 6.07) is 2.11. The lowest BCUT2D eigenvalue weighted by Gasteiger charge is -2.39. The fraction of sp³-hybridized carbons (Fsp3) is 0.500. The highest BCUT2D eigenvalue weighted by Gasteiger charge is 2.40. The maximum absolute atomic E-state index is 13.6. The van der Waals surface area contributed by atoms with Gasteiger partial charge in [0.15, 0.2) is 0 Å². The Morgan fingerprint density at radius 1 is 1.25 bits per heavy atom. The molecular weight excluding hydrogens is 328 g/mol. The van der Waals surface area contributed by atoms with Gasteiger partial charge in [0, 0.05) is 13.1 Å². The normalized spacial score (nSPS) is 19.2. The zero-order chi connectivity index (χ0) is 18.1. The number of hydrogen-bond acceptors (Lipinski definition) is 2. The molecule has 0 bridgehead atoms. The summed E-state index contributed by atoms with van der Waals surface area (Å²) in [5, 5.41) is 0. The number of carbonyl (C=O) groups excluding carboxylic acids is 2. The molecule has 132 valence electrons. The lowest BCUT2D eigenvalue weighted by atomic mass is 10.0. The van der Waals surface area contributed by atoms with Gasteiger partial charge in [0.25, 0.3) is 0 Å². The van der Waals surface area contributed by atoms with E-state index in [4.69, 9.17) is 0 Å². The summed E-state index contributed by atoms with van der Waals surface area (Å²) in [5.74, 6) is -2.16. The Morgan fingerprint density at radius 2 is 1.92 bits per heavy atom. The first-order valence-electron chi connectivity index (χ1n) is 7.59. The zero-order valence-electron chi connectivity index (χ0n) is 13.4. The van der Waals surface area contributed by atoms with Crippen molar-refractivity contribution in [3.05, 3.63) is 35.1 Å². The van der Waals surface area contributed by atoms with E-state index in [-0.39, 0.29) is 18.0 Å². The van der Waals surface area contributed by atoms with Gasteiger partial charge >= 0.3 is 6.18 Å². The fourth-order valence-electron chi connectivity index (χ4n) is 2.83. The van der Waals surface area contributed by atoms with Crippen molar-refractivity contribution in [3.8, 4) is 0 Å². The van der Waals surface area contributed by atoms with E-state index in [2.05, 4.69) is 0 Å². The third-order valence-corrected chi connectivity index (χ3v) is 4.00. The first-order chi connectivity index (χ1) is 11.2. The van der Waals surface area contributed by atoms with E-state index >= 15 is 0 Å². The molecule has 1 fully saturated rings. The molecule has 0 N–H and O–H groups in total. The van der Waals surface area contributed by atoms with Crippen LogP contribution in [0.2, 0.25) is 0 Å². The predicted octanol–water partition coefficient (Wildman–Crippen LogP) is 2.81. The molecule has 1 aliphatic rings. The smallest absolute Gasteiger partial charge is 0.332 e. The van der Waals surface area contributed by atoms with Gasteiger partial charge in [-0.3, -0.25) is 9.59 Å². The summed E-state index contributed by atoms with van der Waals surface area (Å²) in [6.07, 6.45) is -4.20. The van der Waals surface area contributed by atoms with Gasteiger partial charge in [-0.05, 0) is 25.0 Å². The van der Waals surface area contributed by atoms with Crippen molar-refractivity contribution in [1.82, 2.24) is 9.80 Å². The van der Waals surface area contributed by atoms with Crippen molar-refractivity contribution in [2.24, 2.45) is 0 Å². The van der Waals surface area contributed by atoms with Crippen molar-refractivity contribution in [3.63, 3.8) is 0 Å². The molecule has 1 heterocycles. The zero-order valence-corrected chi connectivity index (χ0v) is 13.4. The van der Waals surface area contributed by atoms with Gasteiger partial charge in [0.05, 0.1) is 12.1 Å². The first-order valence-corrected chi connectivity index (χ1v) is 7.59. The highest BCUT2D eigenvalue weighted by Crippen LogP contribution is 2.35. The molecule has 24 heavy (non-hydrogen) atoms. The molecule has 1 aromatic carbocycles. The van der Waals surface area contributed by atoms with E-state index in [1.165, 1.54) is 11.8 Å². The maximum Gasteiger partial charge on any atom is 0.419 e. The Kier molecular flexibility index (Phi) is 5.15. The van der Waals surface area contributed by atoms with Gasteiger partial charge in [0.1, 0.15) is 11.9 Å². The Labute approximate surface area is 137 Å². The number of rotatable bonds is 4. The fourth-order valence-corrected chi connectivity index (χ4v) is 2.83. The van der Waals surface area contributed by atoms with Crippen LogP contribution in [0.3, 0.4) is 0 Å². The van der Waals surface area contributed by atoms with E-state index in [1.807, 2.05) is 6.92 Å². The van der Waals surface area contributed by atoms with Crippen LogP contribution in [-0.2, 0) is 22.3 Å². The van der Waals surface area contributed by atoms with Crippen molar-refractivity contribution in [2.45, 2.75) is 39.0 Å². The van der Waals surface area contributed by atoms with Gasteiger partial charge in [-0.15, -0.1) is 0 Å². The van der Waals surface area contributed by atoms with Crippen LogP contribution in [0, 0.1) is 5.82 Å². The topological polar surface area (TPSA) is 40.6 Å². The van der Waals surface area contributed by atoms with Crippen LogP contribution in [-0.4, -0.2) is 40.7 Å². The molecule has 1 aromatic rings. The molecule has 1 atom stereocenters. The molecule has 1 aliphatic heterocycles. The Balaban J connectivity index is 2.31. The predicted molar refractivity (Wildman–Crippen MR) is 78.3 cm³/mol. The summed E-state index contributed by atoms with van der Waals surface area (Å²) < 4.78 is 52.9. The summed E-state index contributed by atoms with van der Waals surface area (Å²) in [6.45, 7) is 3.11. The second-order valence-electron chi connectivity index (χ2n) is 5.73. The molecule has 2 amide bonds. The summed E-state index contributed by atoms with van der Waals surface area (Å²) in [7, 11) is 0. The maximum atomic E-state index is 13.6. The highest BCUT2D eigenvalue weighted by molar-refractivity contribution is 5.94. The van der Waals surface area contributed by atoms with E-state index < -0.39 is 36.1 Å². The van der Waals surface area contributed by atoms with E-state index in [0.717, 1.165) is 23.1 Å². The minimum Gasteiger partial charge on any atom is -0.332 e. The number of benzene rings is 1. The molecule has 0 radical (unpaired) electrons. The van der Waals surface area contributed by atoms with Crippen molar-refractivity contribution < 1.29 is 27.2 Å². The number of piperazine rings is 1. The van der Waals surface area contributed by atoms with Gasteiger partial charge in [0.2, 0.25) is 11.8 Å². The minimum atomic E-state index is -4.87. The SMILES string of the molecule is CCCN1CC(=O)N(Cc2cccc(F)c2C(F)(F)F)[C@H](C)C1=O. The van der Waals surface area contributed by atoms with E-state index in [1.54, 1.807) is 0 Å². The second kappa shape index (κ2) is 6.78. The average Bonchev–Trinajstić information content (AvgIpc) is 2.48. The quantitative estimate of drug-likeness (QED) is 0.787. The van der Waals surface area contributed by atoms with Crippen LogP contribution in [0.1, 0.15) is 31.4 Å². The molecule has 0 aliphatic carbocycles. The summed E-state index contributed by atoms with van der Waals surface area (Å²) in [5.41, 5.74) is -1.76. The van der Waals surface area contributed by atoms with Crippen molar-refractivity contribution in [1.29, 1.82) is 0 Å². The van der Waals surface area contributed by atoms with Crippen LogP contribution < -0.4 is 0 Å². The molecule has 1 saturated heterocycles. The number of alkyl halides is 3. The lowest BCUT2D eigenvalue weighted by molar-refractivity contribution is -0.156. The average molecular weight is 346 g/mol. The number of amides is 2. The van der Waals surface area contributed by atoms with Crippen LogP contribution >= 0.6 is 0 Å². The van der Waals surface area contributed by atoms with Crippen molar-refractivity contribution in [2.75, 3.05) is 13.1 Å². The Hall–Kier alpha value is -2.12. The van der Waals surface area contributed by atoms with Gasteiger partial charge < -0.3 is 9.80 Å². The largest absolute Gasteiger partial charge is 0.419 e. The van der Waals surface area contributed by atoms with Gasteiger partial charge in [-0.2, -0.15) is 13.2 Å². The van der Waals surface area contributed by atoms with Crippen molar-refractivity contribution >= 4 is 11.8 Å². The molecule has 8 heteroatoms. The molecule has 2 rings (SSSR count). The molecule has 4 nitrogen and oxygen atoms in total. The molecular formula is C16H18F4N2O2. The van der Waals surface area contributed by atoms with Crippen LogP contribution in [0.5, 0.6) is 0 Å². The Bertz CT molecular complexity index is 645. The molecule has 0 spiro atoms. The Morgan fingerprint density at radius 3 is 2.50 bits per heavy atom. The number of hydrogen-bond donors (Lipinski definition) is 0. The third kappa shape index (κ3) is 3.52. The number of halogens is 4. The van der Waals surface area contributed by atoms with Crippen LogP contribution in [0.25, 0.3) is 0 Å². The lowest BCUT2D eigenvalue weighted by Crippen LogP contribution is -2.58. The third-order valence-electron chi connectivity index (χ3n) is 4.00. The first kappa shape index (κ1) is 18.2. The number of nitrogens with zero attached hydrogens (tertiary/aromatic N) is 2. The van der Waals surface area contributed by atoms with E-state index in [9.17, 15) is 27.2 Å². The van der Waals surface area contributed by atoms with E-state index in [0.29, 0.717) is 13.0 Å². The monoisotopic (exact) mass is 346 g/mol. The second-order valence-corrected chi connectivity index (χ2v) is 5.73. The molecule has 0 aromatic heterocycles. The number of carbonyl (C=O) groups is 2. The van der Waals surface area contributed by atoms with Crippen LogP contribution in [0.15, 0.2) is 18.2 Å². The highest BCUT2D eigenvalue weighted by atomic mass is 19.4. The summed E-state index contributed by atoms with van der Waals surface area (Å²) in [4.78, 5) is 26.9. The van der Waals surface area contributed by atoms with Crippen LogP contribution in [0.4, 0.5) is 17.6 Å².